The number of hydrazine groups is 2. The first kappa shape index (κ1) is 17.7. The molecule has 0 radical (unpaired) electrons. The molecule has 3 rings (SSSR count). The summed E-state index contributed by atoms with van der Waals surface area (Å²) in [6, 6.07) is 5.40. The van der Waals surface area contributed by atoms with Crippen molar-refractivity contribution in [3.8, 4) is 11.8 Å². The van der Waals surface area contributed by atoms with Crippen LogP contribution < -0.4 is 21.7 Å². The third kappa shape index (κ3) is 4.51. The smallest absolute Gasteiger partial charge is 0.345 e. The molecule has 1 saturated carbocycles. The molecular weight excluding hydrogens is 333 g/mol. The van der Waals surface area contributed by atoms with E-state index in [0.29, 0.717) is 6.04 Å². The van der Waals surface area contributed by atoms with E-state index in [-0.39, 0.29) is 30.0 Å². The molecule has 3 atom stereocenters. The molecule has 1 aromatic carbocycles. The second-order valence-electron chi connectivity index (χ2n) is 6.23. The van der Waals surface area contributed by atoms with Crippen LogP contribution in [0.25, 0.3) is 0 Å². The second-order valence-corrected chi connectivity index (χ2v) is 6.23. The molecule has 25 heavy (non-hydrogen) atoms. The Kier molecular flexibility index (Phi) is 5.27. The number of carbonyl (C=O) groups excluding carboxylic acids is 1. The first-order valence-electron chi connectivity index (χ1n) is 8.13. The van der Waals surface area contributed by atoms with Crippen molar-refractivity contribution in [2.45, 2.75) is 37.5 Å². The molecule has 1 aliphatic heterocycles. The maximum atomic E-state index is 12.6. The molecule has 2 fully saturated rings. The van der Waals surface area contributed by atoms with Gasteiger partial charge in [-0.05, 0) is 37.5 Å². The quantitative estimate of drug-likeness (QED) is 0.607. The van der Waals surface area contributed by atoms with Crippen LogP contribution in [0.1, 0.15) is 30.4 Å². The lowest BCUT2D eigenvalue weighted by Crippen LogP contribution is -2.44. The summed E-state index contributed by atoms with van der Waals surface area (Å²) in [5.41, 5.74) is 8.62. The van der Waals surface area contributed by atoms with Crippen LogP contribution >= 0.6 is 0 Å². The lowest BCUT2D eigenvalue weighted by atomic mass is 9.82. The van der Waals surface area contributed by atoms with Crippen LogP contribution in [0.2, 0.25) is 0 Å². The minimum absolute atomic E-state index is 0.0644. The van der Waals surface area contributed by atoms with Crippen LogP contribution in [0.3, 0.4) is 0 Å². The van der Waals surface area contributed by atoms with E-state index < -0.39 is 11.7 Å². The molecule has 1 heterocycles. The molecular formula is C17H19F3N4O. The number of halogens is 3. The van der Waals surface area contributed by atoms with Gasteiger partial charge >= 0.3 is 6.18 Å². The number of amides is 1. The average Bonchev–Trinajstić information content (AvgIpc) is 3.05. The zero-order valence-corrected chi connectivity index (χ0v) is 13.4. The predicted octanol–water partition coefficient (Wildman–Crippen LogP) is 1.32. The standard InChI is InChI=1S/C17H19F3N4O/c18-17(19,20)13-5-1-3-11(9-13)4-2-8-21-16(25)12-6-7-14-15(10-12)23-24-22-14/h1,3,5,9,12,14-15,22-24H,6-8,10H2,(H,21,25). The van der Waals surface area contributed by atoms with Crippen LogP contribution in [0.4, 0.5) is 13.2 Å². The fourth-order valence-electron chi connectivity index (χ4n) is 3.16. The molecule has 134 valence electrons. The van der Waals surface area contributed by atoms with Crippen LogP contribution in [0.5, 0.6) is 0 Å². The minimum atomic E-state index is -4.39. The number of carbonyl (C=O) groups is 1. The molecule has 1 amide bonds. The normalized spacial score (nSPS) is 25.6. The summed E-state index contributed by atoms with van der Waals surface area (Å²) < 4.78 is 37.9. The monoisotopic (exact) mass is 352 g/mol. The van der Waals surface area contributed by atoms with Crippen LogP contribution in [-0.2, 0) is 11.0 Å². The zero-order chi connectivity index (χ0) is 17.9. The van der Waals surface area contributed by atoms with Crippen LogP contribution in [0, 0.1) is 17.8 Å². The largest absolute Gasteiger partial charge is 0.416 e. The Morgan fingerprint density at radius 2 is 2.04 bits per heavy atom. The molecule has 0 bridgehead atoms. The number of hydrogen-bond acceptors (Lipinski definition) is 4. The van der Waals surface area contributed by atoms with E-state index in [9.17, 15) is 18.0 Å². The van der Waals surface area contributed by atoms with Crippen molar-refractivity contribution in [1.82, 2.24) is 21.7 Å². The maximum absolute atomic E-state index is 12.6. The molecule has 0 spiro atoms. The average molecular weight is 352 g/mol. The Morgan fingerprint density at radius 3 is 2.84 bits per heavy atom. The van der Waals surface area contributed by atoms with Crippen molar-refractivity contribution in [1.29, 1.82) is 0 Å². The molecule has 1 aromatic rings. The van der Waals surface area contributed by atoms with Gasteiger partial charge in [0, 0.05) is 23.6 Å². The van der Waals surface area contributed by atoms with Gasteiger partial charge in [-0.25, -0.2) is 10.9 Å². The van der Waals surface area contributed by atoms with Crippen molar-refractivity contribution in [3.63, 3.8) is 0 Å². The van der Waals surface area contributed by atoms with Crippen LogP contribution in [0.15, 0.2) is 24.3 Å². The highest BCUT2D eigenvalue weighted by molar-refractivity contribution is 5.79. The zero-order valence-electron chi connectivity index (χ0n) is 13.4. The number of hydrogen-bond donors (Lipinski definition) is 4. The van der Waals surface area contributed by atoms with Gasteiger partial charge in [-0.15, -0.1) is 0 Å². The summed E-state index contributed by atoms with van der Waals surface area (Å²) in [7, 11) is 0. The van der Waals surface area contributed by atoms with Crippen molar-refractivity contribution in [2.24, 2.45) is 5.92 Å². The summed E-state index contributed by atoms with van der Waals surface area (Å²) in [5.74, 6) is 5.22. The van der Waals surface area contributed by atoms with Gasteiger partial charge in [-0.2, -0.15) is 18.7 Å². The molecule has 5 nitrogen and oxygen atoms in total. The second kappa shape index (κ2) is 7.44. The number of benzene rings is 1. The summed E-state index contributed by atoms with van der Waals surface area (Å²) in [6.07, 6.45) is -1.95. The highest BCUT2D eigenvalue weighted by Gasteiger charge is 2.36. The van der Waals surface area contributed by atoms with E-state index in [1.165, 1.54) is 12.1 Å². The Labute approximate surface area is 143 Å². The molecule has 3 unspecified atom stereocenters. The van der Waals surface area contributed by atoms with Gasteiger partial charge in [-0.3, -0.25) is 4.79 Å². The molecule has 4 N–H and O–H groups in total. The highest BCUT2D eigenvalue weighted by atomic mass is 19.4. The van der Waals surface area contributed by atoms with Crippen molar-refractivity contribution < 1.29 is 18.0 Å². The molecule has 8 heteroatoms. The predicted molar refractivity (Wildman–Crippen MR) is 85.7 cm³/mol. The van der Waals surface area contributed by atoms with E-state index >= 15 is 0 Å². The van der Waals surface area contributed by atoms with Gasteiger partial charge in [0.25, 0.3) is 0 Å². The summed E-state index contributed by atoms with van der Waals surface area (Å²) in [4.78, 5) is 12.2. The van der Waals surface area contributed by atoms with Crippen molar-refractivity contribution in [3.05, 3.63) is 35.4 Å². The van der Waals surface area contributed by atoms with E-state index in [0.717, 1.165) is 31.4 Å². The van der Waals surface area contributed by atoms with Gasteiger partial charge in [0.05, 0.1) is 12.1 Å². The highest BCUT2D eigenvalue weighted by Crippen LogP contribution is 2.29. The maximum Gasteiger partial charge on any atom is 0.416 e. The third-order valence-corrected chi connectivity index (χ3v) is 4.51. The SMILES string of the molecule is O=C(NCC#Cc1cccc(C(F)(F)F)c1)C1CCC2NNNC2C1. The van der Waals surface area contributed by atoms with Crippen molar-refractivity contribution >= 4 is 5.91 Å². The fourth-order valence-corrected chi connectivity index (χ4v) is 3.16. The summed E-state index contributed by atoms with van der Waals surface area (Å²) in [5, 5.41) is 2.74. The van der Waals surface area contributed by atoms with Gasteiger partial charge in [-0.1, -0.05) is 17.9 Å². The summed E-state index contributed by atoms with van der Waals surface area (Å²) >= 11 is 0. The molecule has 1 saturated heterocycles. The van der Waals surface area contributed by atoms with Gasteiger partial charge < -0.3 is 5.32 Å². The Bertz CT molecular complexity index is 695. The molecule has 1 aliphatic carbocycles. The fraction of sp³-hybridized carbons (Fsp3) is 0.471. The minimum Gasteiger partial charge on any atom is -0.345 e. The lowest BCUT2D eigenvalue weighted by molar-refractivity contribution is -0.137. The lowest BCUT2D eigenvalue weighted by Gasteiger charge is -2.29. The van der Waals surface area contributed by atoms with E-state index in [1.807, 2.05) is 0 Å². The third-order valence-electron chi connectivity index (χ3n) is 4.51. The first-order valence-corrected chi connectivity index (χ1v) is 8.13. The van der Waals surface area contributed by atoms with Gasteiger partial charge in [0.1, 0.15) is 0 Å². The Morgan fingerprint density at radius 1 is 1.24 bits per heavy atom. The van der Waals surface area contributed by atoms with Gasteiger partial charge in [0.15, 0.2) is 0 Å². The first-order chi connectivity index (χ1) is 11.9. The summed E-state index contributed by atoms with van der Waals surface area (Å²) in [6.45, 7) is 0.115. The number of nitrogens with one attached hydrogen (secondary N) is 4. The van der Waals surface area contributed by atoms with E-state index in [2.05, 4.69) is 33.5 Å². The molecule has 0 aromatic heterocycles. The number of rotatable bonds is 2. The number of alkyl halides is 3. The van der Waals surface area contributed by atoms with E-state index in [1.54, 1.807) is 0 Å². The topological polar surface area (TPSA) is 65.2 Å². The van der Waals surface area contributed by atoms with E-state index in [4.69, 9.17) is 0 Å². The molecule has 2 aliphatic rings. The Balaban J connectivity index is 1.50. The number of fused-ring (bicyclic) bond motifs is 1. The van der Waals surface area contributed by atoms with Gasteiger partial charge in [0.2, 0.25) is 5.91 Å². The van der Waals surface area contributed by atoms with Crippen molar-refractivity contribution in [2.75, 3.05) is 6.54 Å². The Hall–Kier alpha value is -2.08. The van der Waals surface area contributed by atoms with Crippen LogP contribution in [-0.4, -0.2) is 24.5 Å².